The summed E-state index contributed by atoms with van der Waals surface area (Å²) in [6, 6.07) is 3.68. The summed E-state index contributed by atoms with van der Waals surface area (Å²) in [6.45, 7) is 1.33. The first-order chi connectivity index (χ1) is 10.9. The van der Waals surface area contributed by atoms with Crippen molar-refractivity contribution in [2.75, 3.05) is 6.54 Å². The summed E-state index contributed by atoms with van der Waals surface area (Å²) in [4.78, 5) is 28.8. The highest BCUT2D eigenvalue weighted by Crippen LogP contribution is 2.19. The molecule has 2 aromatic rings. The van der Waals surface area contributed by atoms with E-state index in [1.54, 1.807) is 6.92 Å². The number of rotatable bonds is 6. The molecule has 1 N–H and O–H groups in total. The monoisotopic (exact) mass is 340 g/mol. The number of carboxylic acid groups (broad SMARTS) is 1. The number of carbonyl (C=O) groups excluding carboxylic acids is 1. The molecule has 122 valence electrons. The molecular weight excluding hydrogens is 326 g/mol. The van der Waals surface area contributed by atoms with Crippen LogP contribution in [0.4, 0.5) is 8.78 Å². The second-order valence-corrected chi connectivity index (χ2v) is 5.71. The Morgan fingerprint density at radius 3 is 2.70 bits per heavy atom. The van der Waals surface area contributed by atoms with Gasteiger partial charge in [-0.3, -0.25) is 9.59 Å². The van der Waals surface area contributed by atoms with Crippen LogP contribution in [0, 0.1) is 18.6 Å². The average Bonchev–Trinajstić information content (AvgIpc) is 2.93. The van der Waals surface area contributed by atoms with Crippen molar-refractivity contribution in [1.29, 1.82) is 0 Å². The van der Waals surface area contributed by atoms with Crippen LogP contribution < -0.4 is 0 Å². The van der Waals surface area contributed by atoms with Crippen molar-refractivity contribution < 1.29 is 23.5 Å². The normalized spacial score (nSPS) is 10.6. The van der Waals surface area contributed by atoms with Crippen LogP contribution in [0.25, 0.3) is 0 Å². The minimum atomic E-state index is -1.08. The molecule has 0 atom stereocenters. The van der Waals surface area contributed by atoms with Gasteiger partial charge in [-0.05, 0) is 13.0 Å². The third-order valence-corrected chi connectivity index (χ3v) is 4.13. The van der Waals surface area contributed by atoms with Crippen LogP contribution in [0.5, 0.6) is 0 Å². The molecule has 1 aromatic heterocycles. The van der Waals surface area contributed by atoms with E-state index in [2.05, 4.69) is 4.98 Å². The summed E-state index contributed by atoms with van der Waals surface area (Å²) in [6.07, 6.45) is -0.291. The molecule has 2 rings (SSSR count). The molecule has 1 amide bonds. The van der Waals surface area contributed by atoms with Crippen LogP contribution >= 0.6 is 11.3 Å². The first-order valence-electron chi connectivity index (χ1n) is 6.74. The van der Waals surface area contributed by atoms with E-state index in [0.29, 0.717) is 10.6 Å². The SMILES string of the molecule is Cc1ncsc1C(=O)N(CCC(=O)O)Cc1cccc(F)c1F. The molecule has 0 radical (unpaired) electrons. The average molecular weight is 340 g/mol. The number of aliphatic carboxylic acids is 1. The quantitative estimate of drug-likeness (QED) is 0.878. The molecule has 0 saturated heterocycles. The molecule has 0 bridgehead atoms. The lowest BCUT2D eigenvalue weighted by molar-refractivity contribution is -0.137. The molecule has 0 unspecified atom stereocenters. The summed E-state index contributed by atoms with van der Waals surface area (Å²) in [5, 5.41) is 8.81. The predicted octanol–water partition coefficient (Wildman–Crippen LogP) is 2.85. The Labute approximate surface area is 135 Å². The van der Waals surface area contributed by atoms with Crippen LogP contribution in [0.15, 0.2) is 23.7 Å². The van der Waals surface area contributed by atoms with Gasteiger partial charge in [0.1, 0.15) is 4.88 Å². The van der Waals surface area contributed by atoms with Crippen molar-refractivity contribution in [2.24, 2.45) is 0 Å². The first-order valence-corrected chi connectivity index (χ1v) is 7.62. The van der Waals surface area contributed by atoms with Crippen LogP contribution in [-0.4, -0.2) is 33.4 Å². The van der Waals surface area contributed by atoms with E-state index in [1.165, 1.54) is 22.5 Å². The zero-order valence-electron chi connectivity index (χ0n) is 12.3. The zero-order chi connectivity index (χ0) is 17.0. The molecule has 5 nitrogen and oxygen atoms in total. The number of carboxylic acids is 1. The van der Waals surface area contributed by atoms with Crippen LogP contribution in [0.1, 0.15) is 27.3 Å². The number of aromatic nitrogens is 1. The second kappa shape index (κ2) is 7.28. The maximum Gasteiger partial charge on any atom is 0.305 e. The summed E-state index contributed by atoms with van der Waals surface area (Å²) < 4.78 is 27.1. The predicted molar refractivity (Wildman–Crippen MR) is 80.2 cm³/mol. The topological polar surface area (TPSA) is 70.5 Å². The Morgan fingerprint density at radius 2 is 2.09 bits per heavy atom. The Hall–Kier alpha value is -2.35. The van der Waals surface area contributed by atoms with Gasteiger partial charge in [-0.25, -0.2) is 13.8 Å². The molecule has 0 fully saturated rings. The molecule has 0 saturated carbocycles. The number of amides is 1. The summed E-state index contributed by atoms with van der Waals surface area (Å²) >= 11 is 1.12. The van der Waals surface area contributed by atoms with Gasteiger partial charge in [0.25, 0.3) is 5.91 Å². The molecule has 0 aliphatic rings. The summed E-state index contributed by atoms with van der Waals surface area (Å²) in [7, 11) is 0. The van der Waals surface area contributed by atoms with Crippen LogP contribution in [0.2, 0.25) is 0 Å². The fraction of sp³-hybridized carbons (Fsp3) is 0.267. The van der Waals surface area contributed by atoms with E-state index in [4.69, 9.17) is 5.11 Å². The van der Waals surface area contributed by atoms with Gasteiger partial charge in [0.2, 0.25) is 0 Å². The number of benzene rings is 1. The number of hydrogen-bond acceptors (Lipinski definition) is 4. The summed E-state index contributed by atoms with van der Waals surface area (Å²) in [5.74, 6) is -3.58. The minimum absolute atomic E-state index is 0.00842. The molecule has 0 spiro atoms. The van der Waals surface area contributed by atoms with Gasteiger partial charge in [-0.1, -0.05) is 12.1 Å². The number of halogens is 2. The van der Waals surface area contributed by atoms with E-state index >= 15 is 0 Å². The number of nitrogens with zero attached hydrogens (tertiary/aromatic N) is 2. The van der Waals surface area contributed by atoms with Crippen LogP contribution in [-0.2, 0) is 11.3 Å². The number of carbonyl (C=O) groups is 2. The van der Waals surface area contributed by atoms with Crippen molar-refractivity contribution >= 4 is 23.2 Å². The Morgan fingerprint density at radius 1 is 1.35 bits per heavy atom. The van der Waals surface area contributed by atoms with Crippen molar-refractivity contribution in [1.82, 2.24) is 9.88 Å². The largest absolute Gasteiger partial charge is 0.481 e. The van der Waals surface area contributed by atoms with E-state index in [-0.39, 0.29) is 25.1 Å². The lowest BCUT2D eigenvalue weighted by Gasteiger charge is -2.22. The van der Waals surface area contributed by atoms with Gasteiger partial charge in [0.05, 0.1) is 17.6 Å². The summed E-state index contributed by atoms with van der Waals surface area (Å²) in [5.41, 5.74) is 2.01. The molecular formula is C15H14F2N2O3S. The molecule has 8 heteroatoms. The van der Waals surface area contributed by atoms with Gasteiger partial charge in [0, 0.05) is 18.7 Å². The van der Waals surface area contributed by atoms with Gasteiger partial charge in [0.15, 0.2) is 11.6 Å². The lowest BCUT2D eigenvalue weighted by atomic mass is 10.1. The fourth-order valence-electron chi connectivity index (χ4n) is 2.01. The van der Waals surface area contributed by atoms with E-state index in [9.17, 15) is 18.4 Å². The Bertz CT molecular complexity index is 733. The smallest absolute Gasteiger partial charge is 0.305 e. The molecule has 1 heterocycles. The molecule has 0 aliphatic carbocycles. The standard InChI is InChI=1S/C15H14F2N2O3S/c1-9-14(23-8-18-9)15(22)19(6-5-12(20)21)7-10-3-2-4-11(16)13(10)17/h2-4,8H,5-7H2,1H3,(H,20,21). The van der Waals surface area contributed by atoms with Gasteiger partial charge >= 0.3 is 5.97 Å². The lowest BCUT2D eigenvalue weighted by Crippen LogP contribution is -2.33. The van der Waals surface area contributed by atoms with E-state index in [1.807, 2.05) is 0 Å². The van der Waals surface area contributed by atoms with Crippen molar-refractivity contribution in [3.8, 4) is 0 Å². The van der Waals surface area contributed by atoms with Gasteiger partial charge in [-0.15, -0.1) is 11.3 Å². The molecule has 0 aliphatic heterocycles. The van der Waals surface area contributed by atoms with Crippen molar-refractivity contribution in [3.05, 3.63) is 51.5 Å². The maximum absolute atomic E-state index is 13.8. The third-order valence-electron chi connectivity index (χ3n) is 3.22. The molecule has 1 aromatic carbocycles. The third kappa shape index (κ3) is 4.10. The number of thiazole rings is 1. The maximum atomic E-state index is 13.8. The van der Waals surface area contributed by atoms with Gasteiger partial charge < -0.3 is 10.0 Å². The Balaban J connectivity index is 2.27. The number of aryl methyl sites for hydroxylation is 1. The number of hydrogen-bond donors (Lipinski definition) is 1. The highest BCUT2D eigenvalue weighted by Gasteiger charge is 2.22. The van der Waals surface area contributed by atoms with Crippen LogP contribution in [0.3, 0.4) is 0 Å². The first kappa shape index (κ1) is 17.0. The van der Waals surface area contributed by atoms with E-state index in [0.717, 1.165) is 17.4 Å². The van der Waals surface area contributed by atoms with E-state index < -0.39 is 23.5 Å². The zero-order valence-corrected chi connectivity index (χ0v) is 13.1. The van der Waals surface area contributed by atoms with Gasteiger partial charge in [-0.2, -0.15) is 0 Å². The highest BCUT2D eigenvalue weighted by atomic mass is 32.1. The highest BCUT2D eigenvalue weighted by molar-refractivity contribution is 7.11. The van der Waals surface area contributed by atoms with Crippen molar-refractivity contribution in [2.45, 2.75) is 19.9 Å². The second-order valence-electron chi connectivity index (χ2n) is 4.85. The minimum Gasteiger partial charge on any atom is -0.481 e. The van der Waals surface area contributed by atoms with Crippen molar-refractivity contribution in [3.63, 3.8) is 0 Å². The fourth-order valence-corrected chi connectivity index (χ4v) is 2.78. The Kier molecular flexibility index (Phi) is 5.38. The molecule has 23 heavy (non-hydrogen) atoms.